The normalized spacial score (nSPS) is 20.9. The summed E-state index contributed by atoms with van der Waals surface area (Å²) in [5.41, 5.74) is 0.301. The van der Waals surface area contributed by atoms with Gasteiger partial charge in [-0.2, -0.15) is 0 Å². The van der Waals surface area contributed by atoms with Crippen molar-refractivity contribution in [2.24, 2.45) is 0 Å². The highest BCUT2D eigenvalue weighted by Gasteiger charge is 2.22. The van der Waals surface area contributed by atoms with Crippen molar-refractivity contribution in [3.8, 4) is 0 Å². The fourth-order valence-electron chi connectivity index (χ4n) is 1.78. The van der Waals surface area contributed by atoms with Gasteiger partial charge in [-0.15, -0.1) is 0 Å². The summed E-state index contributed by atoms with van der Waals surface area (Å²) < 4.78 is 12.7. The predicted octanol–water partition coefficient (Wildman–Crippen LogP) is 0.655. The van der Waals surface area contributed by atoms with Crippen LogP contribution in [0.5, 0.6) is 0 Å². The van der Waals surface area contributed by atoms with Crippen LogP contribution in [0.25, 0.3) is 0 Å². The molecule has 0 aromatic carbocycles. The highest BCUT2D eigenvalue weighted by atomic mass is 19.1. The molecule has 0 saturated carbocycles. The second kappa shape index (κ2) is 4.57. The first-order valence-corrected chi connectivity index (χ1v) is 5.31. The number of aromatic nitrogens is 1. The van der Waals surface area contributed by atoms with Gasteiger partial charge in [0.25, 0.3) is 5.91 Å². The molecule has 1 aromatic heterocycles. The zero-order valence-corrected chi connectivity index (χ0v) is 9.11. The highest BCUT2D eigenvalue weighted by molar-refractivity contribution is 5.92. The first-order valence-electron chi connectivity index (χ1n) is 5.31. The van der Waals surface area contributed by atoms with E-state index in [1.807, 2.05) is 6.92 Å². The van der Waals surface area contributed by atoms with E-state index in [-0.39, 0.29) is 11.9 Å². The average molecular weight is 223 g/mol. The summed E-state index contributed by atoms with van der Waals surface area (Å²) in [5.74, 6) is -0.557. The van der Waals surface area contributed by atoms with Crippen LogP contribution in [0, 0.1) is 5.82 Å². The van der Waals surface area contributed by atoms with Crippen molar-refractivity contribution in [2.45, 2.75) is 13.0 Å². The van der Waals surface area contributed by atoms with Gasteiger partial charge in [-0.3, -0.25) is 4.79 Å². The molecule has 1 fully saturated rings. The Morgan fingerprint density at radius 3 is 3.06 bits per heavy atom. The van der Waals surface area contributed by atoms with E-state index >= 15 is 0 Å². The topological polar surface area (TPSA) is 45.2 Å². The molecule has 1 aromatic rings. The molecule has 0 spiro atoms. The molecule has 0 aliphatic carbocycles. The third-order valence-electron chi connectivity index (χ3n) is 2.60. The van der Waals surface area contributed by atoms with Crippen molar-refractivity contribution >= 4 is 5.91 Å². The average Bonchev–Trinajstić information content (AvgIpc) is 2.29. The molecule has 5 heteroatoms. The summed E-state index contributed by atoms with van der Waals surface area (Å²) in [6, 6.07) is 2.97. The molecular formula is C11H14FN3O. The standard InChI is InChI=1S/C11H14FN3O/c1-8-7-15(5-4-13-8)11(16)10-3-2-9(12)6-14-10/h2-3,6,8,13H,4-5,7H2,1H3. The molecule has 0 radical (unpaired) electrons. The van der Waals surface area contributed by atoms with E-state index in [9.17, 15) is 9.18 Å². The van der Waals surface area contributed by atoms with Gasteiger partial charge < -0.3 is 10.2 Å². The zero-order chi connectivity index (χ0) is 11.5. The molecule has 1 unspecified atom stereocenters. The van der Waals surface area contributed by atoms with E-state index in [0.29, 0.717) is 18.8 Å². The Labute approximate surface area is 93.5 Å². The van der Waals surface area contributed by atoms with Crippen LogP contribution in [-0.4, -0.2) is 41.5 Å². The van der Waals surface area contributed by atoms with Crippen molar-refractivity contribution < 1.29 is 9.18 Å². The number of hydrogen-bond acceptors (Lipinski definition) is 3. The van der Waals surface area contributed by atoms with E-state index in [0.717, 1.165) is 12.7 Å². The smallest absolute Gasteiger partial charge is 0.272 e. The van der Waals surface area contributed by atoms with E-state index in [1.165, 1.54) is 12.1 Å². The van der Waals surface area contributed by atoms with Gasteiger partial charge in [-0.1, -0.05) is 0 Å². The highest BCUT2D eigenvalue weighted by Crippen LogP contribution is 2.06. The van der Waals surface area contributed by atoms with Crippen molar-refractivity contribution in [1.82, 2.24) is 15.2 Å². The number of hydrogen-bond donors (Lipinski definition) is 1. The third kappa shape index (κ3) is 2.36. The minimum absolute atomic E-state index is 0.131. The summed E-state index contributed by atoms with van der Waals surface area (Å²) in [6.45, 7) is 4.14. The maximum absolute atomic E-state index is 12.7. The quantitative estimate of drug-likeness (QED) is 0.760. The lowest BCUT2D eigenvalue weighted by Gasteiger charge is -2.31. The Kier molecular flexibility index (Phi) is 3.14. The van der Waals surface area contributed by atoms with Crippen LogP contribution in [0.4, 0.5) is 4.39 Å². The van der Waals surface area contributed by atoms with Gasteiger partial charge in [0.05, 0.1) is 6.20 Å². The lowest BCUT2D eigenvalue weighted by atomic mass is 10.2. The Morgan fingerprint density at radius 1 is 1.62 bits per heavy atom. The molecule has 16 heavy (non-hydrogen) atoms. The van der Waals surface area contributed by atoms with Gasteiger partial charge in [-0.25, -0.2) is 9.37 Å². The summed E-state index contributed by atoms with van der Waals surface area (Å²) >= 11 is 0. The molecular weight excluding hydrogens is 209 g/mol. The number of rotatable bonds is 1. The van der Waals surface area contributed by atoms with Gasteiger partial charge in [0, 0.05) is 25.7 Å². The molecule has 1 saturated heterocycles. The summed E-state index contributed by atoms with van der Waals surface area (Å²) in [4.78, 5) is 17.5. The molecule has 86 valence electrons. The van der Waals surface area contributed by atoms with Crippen LogP contribution in [0.15, 0.2) is 18.3 Å². The Balaban J connectivity index is 2.09. The molecule has 2 rings (SSSR count). The van der Waals surface area contributed by atoms with Crippen LogP contribution in [0.3, 0.4) is 0 Å². The largest absolute Gasteiger partial charge is 0.334 e. The van der Waals surface area contributed by atoms with E-state index in [1.54, 1.807) is 4.90 Å². The number of carbonyl (C=O) groups is 1. The number of nitrogens with zero attached hydrogens (tertiary/aromatic N) is 2. The van der Waals surface area contributed by atoms with E-state index in [2.05, 4.69) is 10.3 Å². The maximum Gasteiger partial charge on any atom is 0.272 e. The molecule has 1 amide bonds. The van der Waals surface area contributed by atoms with Crippen LogP contribution < -0.4 is 5.32 Å². The molecule has 1 aliphatic rings. The fourth-order valence-corrected chi connectivity index (χ4v) is 1.78. The first kappa shape index (κ1) is 11.0. The van der Waals surface area contributed by atoms with Crippen LogP contribution >= 0.6 is 0 Å². The van der Waals surface area contributed by atoms with Crippen LogP contribution in [0.1, 0.15) is 17.4 Å². The number of pyridine rings is 1. The van der Waals surface area contributed by atoms with Gasteiger partial charge in [0.1, 0.15) is 11.5 Å². The fraction of sp³-hybridized carbons (Fsp3) is 0.455. The Morgan fingerprint density at radius 2 is 2.44 bits per heavy atom. The Hall–Kier alpha value is -1.49. The first-order chi connectivity index (χ1) is 7.66. The third-order valence-corrected chi connectivity index (χ3v) is 2.60. The molecule has 1 N–H and O–H groups in total. The second-order valence-corrected chi connectivity index (χ2v) is 3.97. The number of halogens is 1. The molecule has 4 nitrogen and oxygen atoms in total. The van der Waals surface area contributed by atoms with Gasteiger partial charge >= 0.3 is 0 Å². The molecule has 1 aliphatic heterocycles. The second-order valence-electron chi connectivity index (χ2n) is 3.97. The number of piperazine rings is 1. The maximum atomic E-state index is 12.7. The molecule has 0 bridgehead atoms. The SMILES string of the molecule is CC1CN(C(=O)c2ccc(F)cn2)CCN1. The predicted molar refractivity (Wildman–Crippen MR) is 57.6 cm³/mol. The van der Waals surface area contributed by atoms with Gasteiger partial charge in [0.15, 0.2) is 0 Å². The molecule has 2 heterocycles. The number of nitrogens with one attached hydrogen (secondary N) is 1. The summed E-state index contributed by atoms with van der Waals surface area (Å²) in [6.07, 6.45) is 1.07. The molecule has 1 atom stereocenters. The van der Waals surface area contributed by atoms with E-state index < -0.39 is 5.82 Å². The summed E-state index contributed by atoms with van der Waals surface area (Å²) in [5, 5.41) is 3.25. The lowest BCUT2D eigenvalue weighted by Crippen LogP contribution is -2.51. The lowest BCUT2D eigenvalue weighted by molar-refractivity contribution is 0.0703. The van der Waals surface area contributed by atoms with Gasteiger partial charge in [0.2, 0.25) is 0 Å². The summed E-state index contributed by atoms with van der Waals surface area (Å²) in [7, 11) is 0. The minimum Gasteiger partial charge on any atom is -0.334 e. The monoisotopic (exact) mass is 223 g/mol. The zero-order valence-electron chi connectivity index (χ0n) is 9.11. The minimum atomic E-state index is -0.426. The van der Waals surface area contributed by atoms with Crippen molar-refractivity contribution in [3.05, 3.63) is 29.8 Å². The van der Waals surface area contributed by atoms with E-state index in [4.69, 9.17) is 0 Å². The Bertz CT molecular complexity index is 379. The van der Waals surface area contributed by atoms with Gasteiger partial charge in [-0.05, 0) is 19.1 Å². The van der Waals surface area contributed by atoms with Crippen LogP contribution in [-0.2, 0) is 0 Å². The van der Waals surface area contributed by atoms with Crippen molar-refractivity contribution in [2.75, 3.05) is 19.6 Å². The number of carbonyl (C=O) groups excluding carboxylic acids is 1. The van der Waals surface area contributed by atoms with Crippen LogP contribution in [0.2, 0.25) is 0 Å². The number of amides is 1. The van der Waals surface area contributed by atoms with Crippen molar-refractivity contribution in [1.29, 1.82) is 0 Å². The van der Waals surface area contributed by atoms with Crippen molar-refractivity contribution in [3.63, 3.8) is 0 Å².